The molecule has 1 aromatic rings. The number of ether oxygens (including phenoxy) is 1. The van der Waals surface area contributed by atoms with E-state index in [-0.39, 0.29) is 0 Å². The molecule has 1 N–H and O–H groups in total. The first kappa shape index (κ1) is 15.2. The summed E-state index contributed by atoms with van der Waals surface area (Å²) in [5, 5.41) is 3.45. The summed E-state index contributed by atoms with van der Waals surface area (Å²) in [7, 11) is 0. The average Bonchev–Trinajstić information content (AvgIpc) is 2.33. The number of aryl methyl sites for hydroxylation is 1. The summed E-state index contributed by atoms with van der Waals surface area (Å²) in [6.45, 7) is 11.4. The average molecular weight is 249 g/mol. The van der Waals surface area contributed by atoms with Crippen LogP contribution in [0.1, 0.15) is 44.2 Å². The molecule has 0 heterocycles. The summed E-state index contributed by atoms with van der Waals surface area (Å²) in [4.78, 5) is 0. The molecule has 102 valence electrons. The van der Waals surface area contributed by atoms with Crippen molar-refractivity contribution in [2.75, 3.05) is 19.7 Å². The van der Waals surface area contributed by atoms with Crippen molar-refractivity contribution in [1.29, 1.82) is 0 Å². The van der Waals surface area contributed by atoms with E-state index in [0.717, 1.165) is 26.1 Å². The zero-order valence-electron chi connectivity index (χ0n) is 12.2. The van der Waals surface area contributed by atoms with Crippen LogP contribution < -0.4 is 5.32 Å². The van der Waals surface area contributed by atoms with E-state index in [1.54, 1.807) is 0 Å². The Morgan fingerprint density at radius 2 is 2.06 bits per heavy atom. The monoisotopic (exact) mass is 249 g/mol. The predicted molar refractivity (Wildman–Crippen MR) is 78.2 cm³/mol. The Kier molecular flexibility index (Phi) is 6.99. The number of hydrogen-bond donors (Lipinski definition) is 1. The van der Waals surface area contributed by atoms with Crippen molar-refractivity contribution in [1.82, 2.24) is 5.32 Å². The molecule has 0 radical (unpaired) electrons. The molecule has 2 nitrogen and oxygen atoms in total. The third-order valence-electron chi connectivity index (χ3n) is 3.07. The van der Waals surface area contributed by atoms with Gasteiger partial charge in [0.15, 0.2) is 0 Å². The van der Waals surface area contributed by atoms with Crippen LogP contribution >= 0.6 is 0 Å². The molecule has 0 bridgehead atoms. The van der Waals surface area contributed by atoms with E-state index in [1.165, 1.54) is 11.1 Å². The van der Waals surface area contributed by atoms with Crippen molar-refractivity contribution < 1.29 is 4.74 Å². The van der Waals surface area contributed by atoms with Gasteiger partial charge >= 0.3 is 0 Å². The second-order valence-corrected chi connectivity index (χ2v) is 5.13. The lowest BCUT2D eigenvalue weighted by Crippen LogP contribution is -2.22. The van der Waals surface area contributed by atoms with Gasteiger partial charge in [0.1, 0.15) is 0 Å². The van der Waals surface area contributed by atoms with Crippen LogP contribution in [-0.4, -0.2) is 25.8 Å². The van der Waals surface area contributed by atoms with Crippen molar-refractivity contribution in [2.45, 2.75) is 46.1 Å². The Balaban J connectivity index is 2.59. The Bertz CT molecular complexity index is 336. The number of benzene rings is 1. The molecule has 1 unspecified atom stereocenters. The molecule has 1 rings (SSSR count). The third kappa shape index (κ3) is 5.65. The number of nitrogens with one attached hydrogen (secondary N) is 1. The first-order valence-electron chi connectivity index (χ1n) is 7.02. The van der Waals surface area contributed by atoms with Crippen LogP contribution in [0.3, 0.4) is 0 Å². The Hall–Kier alpha value is -0.860. The van der Waals surface area contributed by atoms with Crippen LogP contribution in [0, 0.1) is 6.92 Å². The molecule has 0 aromatic heterocycles. The number of likely N-dealkylation sites (N-methyl/N-ethyl adjacent to an activating group) is 1. The van der Waals surface area contributed by atoms with E-state index < -0.39 is 0 Å². The normalized spacial score (nSPS) is 12.9. The third-order valence-corrected chi connectivity index (χ3v) is 3.07. The van der Waals surface area contributed by atoms with Gasteiger partial charge < -0.3 is 10.1 Å². The Labute approximate surface area is 112 Å². The molecular formula is C16H27NO. The van der Waals surface area contributed by atoms with Gasteiger partial charge in [-0.2, -0.15) is 0 Å². The molecule has 1 aromatic carbocycles. The molecule has 2 heteroatoms. The second-order valence-electron chi connectivity index (χ2n) is 5.13. The quantitative estimate of drug-likeness (QED) is 0.761. The van der Waals surface area contributed by atoms with E-state index >= 15 is 0 Å². The van der Waals surface area contributed by atoms with Crippen LogP contribution in [0.25, 0.3) is 0 Å². The second kappa shape index (κ2) is 8.28. The highest BCUT2D eigenvalue weighted by Crippen LogP contribution is 2.20. The van der Waals surface area contributed by atoms with Crippen molar-refractivity contribution in [3.05, 3.63) is 35.4 Å². The number of hydrogen-bond acceptors (Lipinski definition) is 2. The summed E-state index contributed by atoms with van der Waals surface area (Å²) in [6, 6.07) is 8.81. The molecule has 0 aliphatic carbocycles. The lowest BCUT2D eigenvalue weighted by atomic mass is 9.94. The fraction of sp³-hybridized carbons (Fsp3) is 0.625. The maximum Gasteiger partial charge on any atom is 0.0518 e. The fourth-order valence-electron chi connectivity index (χ4n) is 2.08. The molecule has 0 spiro atoms. The largest absolute Gasteiger partial charge is 0.379 e. The van der Waals surface area contributed by atoms with Gasteiger partial charge in [0.2, 0.25) is 0 Å². The summed E-state index contributed by atoms with van der Waals surface area (Å²) in [5.41, 5.74) is 2.75. The summed E-state index contributed by atoms with van der Waals surface area (Å²) >= 11 is 0. The summed E-state index contributed by atoms with van der Waals surface area (Å²) in [5.74, 6) is 0.545. The van der Waals surface area contributed by atoms with Gasteiger partial charge in [-0.15, -0.1) is 0 Å². The minimum absolute atomic E-state index is 0.322. The van der Waals surface area contributed by atoms with Gasteiger partial charge in [0, 0.05) is 13.2 Å². The van der Waals surface area contributed by atoms with Gasteiger partial charge in [-0.05, 0) is 45.2 Å². The molecule has 0 fully saturated rings. The summed E-state index contributed by atoms with van der Waals surface area (Å²) < 4.78 is 5.68. The van der Waals surface area contributed by atoms with Crippen molar-refractivity contribution in [3.8, 4) is 0 Å². The highest BCUT2D eigenvalue weighted by molar-refractivity contribution is 5.25. The topological polar surface area (TPSA) is 21.3 Å². The maximum atomic E-state index is 5.68. The van der Waals surface area contributed by atoms with Crippen molar-refractivity contribution >= 4 is 0 Å². The zero-order chi connectivity index (χ0) is 13.4. The van der Waals surface area contributed by atoms with E-state index in [4.69, 9.17) is 4.74 Å². The van der Waals surface area contributed by atoms with E-state index in [1.807, 2.05) is 0 Å². The van der Waals surface area contributed by atoms with Gasteiger partial charge in [0.05, 0.1) is 6.10 Å². The van der Waals surface area contributed by atoms with E-state index in [0.29, 0.717) is 12.0 Å². The van der Waals surface area contributed by atoms with Gasteiger partial charge in [0.25, 0.3) is 0 Å². The standard InChI is InChI=1S/C16H27NO/c1-5-17-12-16(9-10-18-13(2)3)15-8-6-7-14(4)11-15/h6-8,11,13,16-17H,5,9-10,12H2,1-4H3. The van der Waals surface area contributed by atoms with E-state index in [9.17, 15) is 0 Å². The molecule has 0 saturated heterocycles. The molecular weight excluding hydrogens is 222 g/mol. The van der Waals surface area contributed by atoms with Crippen LogP contribution in [0.4, 0.5) is 0 Å². The SMILES string of the molecule is CCNCC(CCOC(C)C)c1cccc(C)c1. The van der Waals surface area contributed by atoms with Crippen molar-refractivity contribution in [3.63, 3.8) is 0 Å². The molecule has 0 amide bonds. The number of rotatable bonds is 8. The maximum absolute atomic E-state index is 5.68. The minimum Gasteiger partial charge on any atom is -0.379 e. The minimum atomic E-state index is 0.322. The van der Waals surface area contributed by atoms with E-state index in [2.05, 4.69) is 57.3 Å². The Morgan fingerprint density at radius 1 is 1.28 bits per heavy atom. The zero-order valence-corrected chi connectivity index (χ0v) is 12.2. The fourth-order valence-corrected chi connectivity index (χ4v) is 2.08. The molecule has 1 atom stereocenters. The molecule has 0 saturated carbocycles. The predicted octanol–water partition coefficient (Wildman–Crippen LogP) is 3.50. The highest BCUT2D eigenvalue weighted by atomic mass is 16.5. The smallest absolute Gasteiger partial charge is 0.0518 e. The Morgan fingerprint density at radius 3 is 2.67 bits per heavy atom. The summed E-state index contributed by atoms with van der Waals surface area (Å²) in [6.07, 6.45) is 1.40. The molecule has 18 heavy (non-hydrogen) atoms. The van der Waals surface area contributed by atoms with Crippen LogP contribution in [-0.2, 0) is 4.74 Å². The van der Waals surface area contributed by atoms with Gasteiger partial charge in [-0.1, -0.05) is 36.8 Å². The molecule has 0 aliphatic heterocycles. The van der Waals surface area contributed by atoms with Crippen LogP contribution in [0.15, 0.2) is 24.3 Å². The van der Waals surface area contributed by atoms with Crippen LogP contribution in [0.5, 0.6) is 0 Å². The first-order chi connectivity index (χ1) is 8.63. The first-order valence-corrected chi connectivity index (χ1v) is 7.02. The van der Waals surface area contributed by atoms with Crippen molar-refractivity contribution in [2.24, 2.45) is 0 Å². The lowest BCUT2D eigenvalue weighted by molar-refractivity contribution is 0.0733. The van der Waals surface area contributed by atoms with Crippen LogP contribution in [0.2, 0.25) is 0 Å². The van der Waals surface area contributed by atoms with Gasteiger partial charge in [-0.3, -0.25) is 0 Å². The van der Waals surface area contributed by atoms with Gasteiger partial charge in [-0.25, -0.2) is 0 Å². The highest BCUT2D eigenvalue weighted by Gasteiger charge is 2.11. The lowest BCUT2D eigenvalue weighted by Gasteiger charge is -2.19. The molecule has 0 aliphatic rings.